The van der Waals surface area contributed by atoms with Crippen LogP contribution in [-0.2, 0) is 16.1 Å². The SMILES string of the molecule is O=C1[C@@H](N(Cc2cccnc2)C[C@H]2CCCO2)CCN1C1CC1. The van der Waals surface area contributed by atoms with Crippen LogP contribution in [0.2, 0.25) is 0 Å². The average Bonchev–Trinajstić information content (AvgIpc) is 3.14. The number of rotatable bonds is 6. The van der Waals surface area contributed by atoms with Crippen LogP contribution in [0.1, 0.15) is 37.7 Å². The molecular formula is C18H25N3O2. The van der Waals surface area contributed by atoms with Crippen LogP contribution >= 0.6 is 0 Å². The fourth-order valence-corrected chi connectivity index (χ4v) is 3.85. The molecule has 124 valence electrons. The minimum absolute atomic E-state index is 0.0139. The van der Waals surface area contributed by atoms with E-state index in [-0.39, 0.29) is 12.1 Å². The van der Waals surface area contributed by atoms with Crippen LogP contribution in [0.3, 0.4) is 0 Å². The molecule has 0 radical (unpaired) electrons. The molecule has 0 N–H and O–H groups in total. The molecule has 4 rings (SSSR count). The molecule has 1 aliphatic carbocycles. The third kappa shape index (κ3) is 3.40. The van der Waals surface area contributed by atoms with E-state index in [0.717, 1.165) is 45.5 Å². The summed E-state index contributed by atoms with van der Waals surface area (Å²) in [6.45, 7) is 3.41. The van der Waals surface area contributed by atoms with E-state index < -0.39 is 0 Å². The highest BCUT2D eigenvalue weighted by atomic mass is 16.5. The first kappa shape index (κ1) is 15.1. The summed E-state index contributed by atoms with van der Waals surface area (Å²) in [5, 5.41) is 0. The van der Waals surface area contributed by atoms with Gasteiger partial charge in [0.05, 0.1) is 12.1 Å². The second-order valence-corrected chi connectivity index (χ2v) is 6.99. The first-order valence-electron chi connectivity index (χ1n) is 8.86. The van der Waals surface area contributed by atoms with Crippen LogP contribution in [0, 0.1) is 0 Å². The van der Waals surface area contributed by atoms with E-state index in [1.54, 1.807) is 6.20 Å². The molecule has 3 heterocycles. The molecule has 0 unspecified atom stereocenters. The van der Waals surface area contributed by atoms with Crippen LogP contribution in [0.15, 0.2) is 24.5 Å². The highest BCUT2D eigenvalue weighted by Crippen LogP contribution is 2.32. The lowest BCUT2D eigenvalue weighted by molar-refractivity contribution is -0.133. The largest absolute Gasteiger partial charge is 0.377 e. The van der Waals surface area contributed by atoms with Crippen LogP contribution in [-0.4, -0.2) is 58.6 Å². The van der Waals surface area contributed by atoms with Crippen molar-refractivity contribution in [2.45, 2.75) is 56.8 Å². The number of carbonyl (C=O) groups is 1. The first-order chi connectivity index (χ1) is 11.3. The minimum atomic E-state index is 0.0139. The third-order valence-electron chi connectivity index (χ3n) is 5.21. The molecule has 1 amide bonds. The Morgan fingerprint density at radius 1 is 1.30 bits per heavy atom. The molecule has 0 spiro atoms. The fourth-order valence-electron chi connectivity index (χ4n) is 3.85. The Hall–Kier alpha value is -1.46. The number of pyridine rings is 1. The van der Waals surface area contributed by atoms with Gasteiger partial charge in [0.15, 0.2) is 0 Å². The molecule has 5 nitrogen and oxygen atoms in total. The second-order valence-electron chi connectivity index (χ2n) is 6.99. The van der Waals surface area contributed by atoms with Gasteiger partial charge in [-0.2, -0.15) is 0 Å². The monoisotopic (exact) mass is 315 g/mol. The van der Waals surface area contributed by atoms with E-state index in [2.05, 4.69) is 20.9 Å². The highest BCUT2D eigenvalue weighted by Gasteiger charge is 2.43. The summed E-state index contributed by atoms with van der Waals surface area (Å²) in [5.41, 5.74) is 1.17. The first-order valence-corrected chi connectivity index (χ1v) is 8.86. The van der Waals surface area contributed by atoms with Crippen molar-refractivity contribution in [2.75, 3.05) is 19.7 Å². The van der Waals surface area contributed by atoms with Gasteiger partial charge < -0.3 is 9.64 Å². The maximum Gasteiger partial charge on any atom is 0.240 e. The number of aromatic nitrogens is 1. The van der Waals surface area contributed by atoms with Crippen molar-refractivity contribution < 1.29 is 9.53 Å². The smallest absolute Gasteiger partial charge is 0.240 e. The Kier molecular flexibility index (Phi) is 4.31. The molecule has 1 aromatic heterocycles. The lowest BCUT2D eigenvalue weighted by Gasteiger charge is -2.30. The van der Waals surface area contributed by atoms with Gasteiger partial charge in [-0.1, -0.05) is 6.07 Å². The summed E-state index contributed by atoms with van der Waals surface area (Å²) in [6.07, 6.45) is 9.54. The Bertz CT molecular complexity index is 540. The van der Waals surface area contributed by atoms with Gasteiger partial charge in [0.1, 0.15) is 0 Å². The quantitative estimate of drug-likeness (QED) is 0.803. The van der Waals surface area contributed by atoms with Crippen LogP contribution < -0.4 is 0 Å². The number of hydrogen-bond donors (Lipinski definition) is 0. The predicted octanol–water partition coefficient (Wildman–Crippen LogP) is 1.83. The van der Waals surface area contributed by atoms with Gasteiger partial charge in [-0.05, 0) is 43.7 Å². The minimum Gasteiger partial charge on any atom is -0.377 e. The van der Waals surface area contributed by atoms with Crippen LogP contribution in [0.25, 0.3) is 0 Å². The molecule has 23 heavy (non-hydrogen) atoms. The molecule has 1 saturated carbocycles. The summed E-state index contributed by atoms with van der Waals surface area (Å²) in [6, 6.07) is 4.59. The second kappa shape index (κ2) is 6.57. The normalized spacial score (nSPS) is 28.0. The Labute approximate surface area is 137 Å². The fraction of sp³-hybridized carbons (Fsp3) is 0.667. The molecule has 0 bridgehead atoms. The molecule has 5 heteroatoms. The van der Waals surface area contributed by atoms with Crippen molar-refractivity contribution in [1.29, 1.82) is 0 Å². The molecule has 2 atom stereocenters. The average molecular weight is 315 g/mol. The van der Waals surface area contributed by atoms with Crippen molar-refractivity contribution in [3.05, 3.63) is 30.1 Å². The van der Waals surface area contributed by atoms with Crippen molar-refractivity contribution in [3.63, 3.8) is 0 Å². The van der Waals surface area contributed by atoms with Gasteiger partial charge in [-0.25, -0.2) is 0 Å². The van der Waals surface area contributed by atoms with E-state index >= 15 is 0 Å². The highest BCUT2D eigenvalue weighted by molar-refractivity contribution is 5.84. The number of carbonyl (C=O) groups excluding carboxylic acids is 1. The number of likely N-dealkylation sites (tertiary alicyclic amines) is 1. The van der Waals surface area contributed by atoms with Crippen molar-refractivity contribution in [2.24, 2.45) is 0 Å². The Morgan fingerprint density at radius 3 is 2.91 bits per heavy atom. The molecular weight excluding hydrogens is 290 g/mol. The lowest BCUT2D eigenvalue weighted by atomic mass is 10.1. The number of ether oxygens (including phenoxy) is 1. The molecule has 0 aromatic carbocycles. The van der Waals surface area contributed by atoms with Crippen molar-refractivity contribution in [1.82, 2.24) is 14.8 Å². The van der Waals surface area contributed by atoms with E-state index in [1.165, 1.54) is 18.4 Å². The van der Waals surface area contributed by atoms with Gasteiger partial charge in [0, 0.05) is 44.7 Å². The zero-order valence-corrected chi connectivity index (χ0v) is 13.6. The van der Waals surface area contributed by atoms with Crippen molar-refractivity contribution in [3.8, 4) is 0 Å². The molecule has 2 saturated heterocycles. The summed E-state index contributed by atoms with van der Waals surface area (Å²) in [7, 11) is 0. The molecule has 2 aliphatic heterocycles. The van der Waals surface area contributed by atoms with Gasteiger partial charge in [0.2, 0.25) is 5.91 Å². The van der Waals surface area contributed by atoms with Gasteiger partial charge in [0.25, 0.3) is 0 Å². The van der Waals surface area contributed by atoms with E-state index in [0.29, 0.717) is 11.9 Å². The van der Waals surface area contributed by atoms with Gasteiger partial charge >= 0.3 is 0 Å². The summed E-state index contributed by atoms with van der Waals surface area (Å²) < 4.78 is 5.82. The summed E-state index contributed by atoms with van der Waals surface area (Å²) in [5.74, 6) is 0.328. The van der Waals surface area contributed by atoms with E-state index in [9.17, 15) is 4.79 Å². The summed E-state index contributed by atoms with van der Waals surface area (Å²) >= 11 is 0. The van der Waals surface area contributed by atoms with E-state index in [4.69, 9.17) is 4.74 Å². The third-order valence-corrected chi connectivity index (χ3v) is 5.21. The van der Waals surface area contributed by atoms with Gasteiger partial charge in [-0.15, -0.1) is 0 Å². The molecule has 1 aromatic rings. The molecule has 3 fully saturated rings. The topological polar surface area (TPSA) is 45.7 Å². The maximum atomic E-state index is 12.8. The maximum absolute atomic E-state index is 12.8. The number of amides is 1. The lowest BCUT2D eigenvalue weighted by Crippen LogP contribution is -2.45. The Morgan fingerprint density at radius 2 is 2.22 bits per heavy atom. The van der Waals surface area contributed by atoms with Crippen LogP contribution in [0.5, 0.6) is 0 Å². The zero-order valence-electron chi connectivity index (χ0n) is 13.6. The van der Waals surface area contributed by atoms with E-state index in [1.807, 2.05) is 12.3 Å². The predicted molar refractivity (Wildman–Crippen MR) is 86.8 cm³/mol. The molecule has 3 aliphatic rings. The van der Waals surface area contributed by atoms with Gasteiger partial charge in [-0.3, -0.25) is 14.7 Å². The Balaban J connectivity index is 1.48. The zero-order chi connectivity index (χ0) is 15.6. The number of hydrogen-bond acceptors (Lipinski definition) is 4. The van der Waals surface area contributed by atoms with Crippen LogP contribution in [0.4, 0.5) is 0 Å². The van der Waals surface area contributed by atoms with Crippen molar-refractivity contribution >= 4 is 5.91 Å². The summed E-state index contributed by atoms with van der Waals surface area (Å²) in [4.78, 5) is 21.5. The standard InChI is InChI=1S/C18H25N3O2/c22-18-17(7-9-21(18)15-5-6-15)20(13-16-4-2-10-23-16)12-14-3-1-8-19-11-14/h1,3,8,11,15-17H,2,4-7,9-10,12-13H2/t16-,17+/m1/s1. The number of nitrogens with zero attached hydrogens (tertiary/aromatic N) is 3.